The first-order valence-electron chi connectivity index (χ1n) is 9.31. The van der Waals surface area contributed by atoms with Gasteiger partial charge in [-0.2, -0.15) is 0 Å². The van der Waals surface area contributed by atoms with Crippen LogP contribution in [0.5, 0.6) is 0 Å². The first-order chi connectivity index (χ1) is 12.2. The number of benzene rings is 1. The summed E-state index contributed by atoms with van der Waals surface area (Å²) in [5.41, 5.74) is 1.54. The molecule has 0 saturated carbocycles. The van der Waals surface area contributed by atoms with Gasteiger partial charge < -0.3 is 14.7 Å². The lowest BCUT2D eigenvalue weighted by molar-refractivity contribution is -0.141. The van der Waals surface area contributed by atoms with Crippen molar-refractivity contribution in [1.82, 2.24) is 9.80 Å². The van der Waals surface area contributed by atoms with E-state index in [9.17, 15) is 9.90 Å². The molecule has 1 atom stereocenters. The third kappa shape index (κ3) is 4.22. The quantitative estimate of drug-likeness (QED) is 0.883. The number of methoxy groups -OCH3 is 1. The second-order valence-electron chi connectivity index (χ2n) is 7.53. The Labute approximate surface area is 150 Å². The zero-order valence-electron chi connectivity index (χ0n) is 15.2. The maximum absolute atomic E-state index is 12.1. The standard InChI is InChI=1S/C20H30N2O3/c1-25-16-19(24)22-12-9-20(18(14-22)15-23)7-10-21(11-8-20)13-17-5-3-2-4-6-17/h2-6,18,23H,7-16H2,1H3/t18-/m0/s1. The van der Waals surface area contributed by atoms with Gasteiger partial charge in [0.2, 0.25) is 5.91 Å². The van der Waals surface area contributed by atoms with Crippen molar-refractivity contribution in [2.75, 3.05) is 46.5 Å². The number of piperidine rings is 2. The van der Waals surface area contributed by atoms with Crippen molar-refractivity contribution in [3.63, 3.8) is 0 Å². The van der Waals surface area contributed by atoms with Crippen LogP contribution in [0.1, 0.15) is 24.8 Å². The highest BCUT2D eigenvalue weighted by atomic mass is 16.5. The number of nitrogens with zero attached hydrogens (tertiary/aromatic N) is 2. The number of aliphatic hydroxyl groups is 1. The van der Waals surface area contributed by atoms with E-state index in [4.69, 9.17) is 4.74 Å². The fraction of sp³-hybridized carbons (Fsp3) is 0.650. The van der Waals surface area contributed by atoms with Gasteiger partial charge in [0, 0.05) is 39.3 Å². The SMILES string of the molecule is COCC(=O)N1CCC2(CCN(Cc3ccccc3)CC2)[C@H](CO)C1. The van der Waals surface area contributed by atoms with Crippen LogP contribution < -0.4 is 0 Å². The Balaban J connectivity index is 1.57. The van der Waals surface area contributed by atoms with E-state index in [1.807, 2.05) is 4.90 Å². The van der Waals surface area contributed by atoms with E-state index < -0.39 is 0 Å². The number of aliphatic hydroxyl groups excluding tert-OH is 1. The molecule has 0 bridgehead atoms. The van der Waals surface area contributed by atoms with E-state index in [-0.39, 0.29) is 30.5 Å². The number of carbonyl (C=O) groups excluding carboxylic acids is 1. The fourth-order valence-corrected chi connectivity index (χ4v) is 4.46. The number of hydrogen-bond acceptors (Lipinski definition) is 4. The smallest absolute Gasteiger partial charge is 0.248 e. The number of hydrogen-bond donors (Lipinski definition) is 1. The summed E-state index contributed by atoms with van der Waals surface area (Å²) in [7, 11) is 1.55. The molecule has 1 spiro atoms. The zero-order chi connectivity index (χ0) is 17.7. The Morgan fingerprint density at radius 3 is 2.52 bits per heavy atom. The monoisotopic (exact) mass is 346 g/mol. The van der Waals surface area contributed by atoms with Crippen molar-refractivity contribution >= 4 is 5.91 Å². The summed E-state index contributed by atoms with van der Waals surface area (Å²) < 4.78 is 4.97. The summed E-state index contributed by atoms with van der Waals surface area (Å²) in [6, 6.07) is 10.6. The number of likely N-dealkylation sites (tertiary alicyclic amines) is 2. The minimum Gasteiger partial charge on any atom is -0.396 e. The molecule has 0 aromatic heterocycles. The molecule has 5 nitrogen and oxygen atoms in total. The average molecular weight is 346 g/mol. The molecule has 1 N–H and O–H groups in total. The maximum Gasteiger partial charge on any atom is 0.248 e. The van der Waals surface area contributed by atoms with Crippen molar-refractivity contribution in [2.45, 2.75) is 25.8 Å². The third-order valence-electron chi connectivity index (χ3n) is 6.13. The summed E-state index contributed by atoms with van der Waals surface area (Å²) >= 11 is 0. The van der Waals surface area contributed by atoms with E-state index in [0.717, 1.165) is 45.4 Å². The van der Waals surface area contributed by atoms with Crippen molar-refractivity contribution < 1.29 is 14.6 Å². The predicted molar refractivity (Wildman–Crippen MR) is 97.0 cm³/mol. The second-order valence-corrected chi connectivity index (χ2v) is 7.53. The van der Waals surface area contributed by atoms with Crippen LogP contribution in [0.4, 0.5) is 0 Å². The molecule has 1 aromatic carbocycles. The summed E-state index contributed by atoms with van der Waals surface area (Å²) in [5, 5.41) is 9.96. The molecular weight excluding hydrogens is 316 g/mol. The van der Waals surface area contributed by atoms with Gasteiger partial charge in [-0.3, -0.25) is 9.69 Å². The molecule has 2 aliphatic rings. The molecule has 0 unspecified atom stereocenters. The van der Waals surface area contributed by atoms with Crippen molar-refractivity contribution in [3.05, 3.63) is 35.9 Å². The van der Waals surface area contributed by atoms with E-state index in [0.29, 0.717) is 6.54 Å². The fourth-order valence-electron chi connectivity index (χ4n) is 4.46. The van der Waals surface area contributed by atoms with Gasteiger partial charge in [0.05, 0.1) is 0 Å². The summed E-state index contributed by atoms with van der Waals surface area (Å²) in [4.78, 5) is 16.5. The molecule has 2 heterocycles. The van der Waals surface area contributed by atoms with Gasteiger partial charge in [-0.05, 0) is 43.3 Å². The number of amides is 1. The highest BCUT2D eigenvalue weighted by Gasteiger charge is 2.45. The molecule has 25 heavy (non-hydrogen) atoms. The second kappa shape index (κ2) is 8.30. The lowest BCUT2D eigenvalue weighted by Gasteiger charge is -2.51. The van der Waals surface area contributed by atoms with E-state index in [1.165, 1.54) is 5.56 Å². The van der Waals surface area contributed by atoms with Gasteiger partial charge in [0.1, 0.15) is 6.61 Å². The van der Waals surface area contributed by atoms with E-state index >= 15 is 0 Å². The summed E-state index contributed by atoms with van der Waals surface area (Å²) in [6.45, 7) is 4.88. The van der Waals surface area contributed by atoms with Gasteiger partial charge in [-0.1, -0.05) is 30.3 Å². The Hall–Kier alpha value is -1.43. The highest BCUT2D eigenvalue weighted by molar-refractivity contribution is 5.77. The normalized spacial score (nSPS) is 23.8. The Bertz CT molecular complexity index is 555. The molecule has 2 aliphatic heterocycles. The van der Waals surface area contributed by atoms with Crippen LogP contribution in [0.2, 0.25) is 0 Å². The minimum atomic E-state index is 0.0392. The first-order valence-corrected chi connectivity index (χ1v) is 9.31. The molecule has 3 rings (SSSR count). The Morgan fingerprint density at radius 1 is 1.20 bits per heavy atom. The van der Waals surface area contributed by atoms with Gasteiger partial charge in [0.25, 0.3) is 0 Å². The Morgan fingerprint density at radius 2 is 1.88 bits per heavy atom. The predicted octanol–water partition coefficient (Wildman–Crippen LogP) is 1.76. The van der Waals surface area contributed by atoms with Gasteiger partial charge in [-0.15, -0.1) is 0 Å². The molecule has 0 aliphatic carbocycles. The van der Waals surface area contributed by atoms with Crippen LogP contribution in [-0.4, -0.2) is 67.3 Å². The topological polar surface area (TPSA) is 53.0 Å². The molecule has 1 amide bonds. The van der Waals surface area contributed by atoms with Crippen LogP contribution >= 0.6 is 0 Å². The van der Waals surface area contributed by atoms with Crippen LogP contribution in [-0.2, 0) is 16.1 Å². The van der Waals surface area contributed by atoms with Crippen molar-refractivity contribution in [2.24, 2.45) is 11.3 Å². The minimum absolute atomic E-state index is 0.0392. The Kier molecular flexibility index (Phi) is 6.10. The molecule has 0 radical (unpaired) electrons. The third-order valence-corrected chi connectivity index (χ3v) is 6.13. The molecule has 138 valence electrons. The molecule has 2 saturated heterocycles. The number of ether oxygens (including phenoxy) is 1. The van der Waals surface area contributed by atoms with Gasteiger partial charge in [0.15, 0.2) is 0 Å². The van der Waals surface area contributed by atoms with Crippen LogP contribution in [0.25, 0.3) is 0 Å². The maximum atomic E-state index is 12.1. The van der Waals surface area contributed by atoms with E-state index in [2.05, 4.69) is 35.2 Å². The number of carbonyl (C=O) groups is 1. The van der Waals surface area contributed by atoms with E-state index in [1.54, 1.807) is 7.11 Å². The lowest BCUT2D eigenvalue weighted by Crippen LogP contribution is -2.55. The first kappa shape index (κ1) is 18.4. The van der Waals surface area contributed by atoms with Crippen LogP contribution in [0, 0.1) is 11.3 Å². The lowest BCUT2D eigenvalue weighted by atomic mass is 9.64. The van der Waals surface area contributed by atoms with Crippen LogP contribution in [0.3, 0.4) is 0 Å². The van der Waals surface area contributed by atoms with Gasteiger partial charge >= 0.3 is 0 Å². The van der Waals surface area contributed by atoms with Crippen LogP contribution in [0.15, 0.2) is 30.3 Å². The molecule has 1 aromatic rings. The van der Waals surface area contributed by atoms with Crippen molar-refractivity contribution in [3.8, 4) is 0 Å². The number of rotatable bonds is 5. The largest absolute Gasteiger partial charge is 0.396 e. The molecule has 2 fully saturated rings. The molecular formula is C20H30N2O3. The van der Waals surface area contributed by atoms with Gasteiger partial charge in [-0.25, -0.2) is 0 Å². The summed E-state index contributed by atoms with van der Waals surface area (Å²) in [5.74, 6) is 0.221. The molecule has 5 heteroatoms. The zero-order valence-corrected chi connectivity index (χ0v) is 15.2. The summed E-state index contributed by atoms with van der Waals surface area (Å²) in [6.07, 6.45) is 3.21. The highest BCUT2D eigenvalue weighted by Crippen LogP contribution is 2.45. The van der Waals surface area contributed by atoms with Crippen molar-refractivity contribution in [1.29, 1.82) is 0 Å². The average Bonchev–Trinajstić information content (AvgIpc) is 2.65.